The summed E-state index contributed by atoms with van der Waals surface area (Å²) in [6.07, 6.45) is 3.87. The Morgan fingerprint density at radius 2 is 1.16 bits per heavy atom. The summed E-state index contributed by atoms with van der Waals surface area (Å²) >= 11 is 6.42. The molecule has 0 fully saturated rings. The number of rotatable bonds is 4. The number of para-hydroxylation sites is 2. The van der Waals surface area contributed by atoms with Crippen LogP contribution < -0.4 is 0 Å². The molecule has 38 heavy (non-hydrogen) atoms. The number of hydrogen-bond donors (Lipinski definition) is 0. The second-order valence-electron chi connectivity index (χ2n) is 8.60. The van der Waals surface area contributed by atoms with Crippen molar-refractivity contribution in [2.45, 2.75) is 0 Å². The zero-order valence-corrected chi connectivity index (χ0v) is 23.1. The lowest BCUT2D eigenvalue weighted by molar-refractivity contribution is 1.02. The second-order valence-corrected chi connectivity index (χ2v) is 12.8. The van der Waals surface area contributed by atoms with Crippen LogP contribution in [0.5, 0.6) is 0 Å². The summed E-state index contributed by atoms with van der Waals surface area (Å²) in [6.45, 7) is 0. The van der Waals surface area contributed by atoms with Crippen LogP contribution >= 0.6 is 45.3 Å². The quantitative estimate of drug-likeness (QED) is 0.201. The third-order valence-corrected chi connectivity index (χ3v) is 10.7. The first-order valence-electron chi connectivity index (χ1n) is 11.6. The van der Waals surface area contributed by atoms with Gasteiger partial charge in [-0.2, -0.15) is 10.5 Å². The van der Waals surface area contributed by atoms with Gasteiger partial charge in [0.25, 0.3) is 0 Å². The highest BCUT2D eigenvalue weighted by molar-refractivity contribution is 7.28. The largest absolute Gasteiger partial charge is 0.342 e. The van der Waals surface area contributed by atoms with E-state index in [4.69, 9.17) is 0 Å². The summed E-state index contributed by atoms with van der Waals surface area (Å²) in [5.41, 5.74) is 5.22. The van der Waals surface area contributed by atoms with Crippen molar-refractivity contribution in [2.24, 2.45) is 7.05 Å². The number of nitrogens with zero attached hydrogens (tertiary/aromatic N) is 5. The van der Waals surface area contributed by atoms with Crippen LogP contribution in [0.25, 0.3) is 64.2 Å². The number of thiophene rings is 2. The predicted octanol–water partition coefficient (Wildman–Crippen LogP) is 8.80. The molecular formula is C29H15N5S4. The Morgan fingerprint density at radius 3 is 1.58 bits per heavy atom. The summed E-state index contributed by atoms with van der Waals surface area (Å²) in [7, 11) is 2.06. The highest BCUT2D eigenvalue weighted by atomic mass is 32.1. The van der Waals surface area contributed by atoms with Crippen LogP contribution in [0.1, 0.15) is 19.8 Å². The minimum atomic E-state index is 0.568. The Morgan fingerprint density at radius 1 is 0.711 bits per heavy atom. The van der Waals surface area contributed by atoms with Crippen molar-refractivity contribution in [3.8, 4) is 12.1 Å². The zero-order valence-electron chi connectivity index (χ0n) is 19.8. The van der Waals surface area contributed by atoms with Gasteiger partial charge in [0.05, 0.1) is 52.0 Å². The second kappa shape index (κ2) is 9.02. The standard InChI is InChI=1S/C29H15N5S4/c1-34-22-12-18(10-16(14-30)28-32-20-6-2-4-8-24(20)37-28)35-26(22)27-23(34)13-19(36-27)11-17(15-31)29-33-21-7-3-5-9-25(21)38-29/h2-13H,1H3/b16-10+,17-11+. The van der Waals surface area contributed by atoms with Crippen LogP contribution in [0.3, 0.4) is 0 Å². The fourth-order valence-electron chi connectivity index (χ4n) is 4.44. The summed E-state index contributed by atoms with van der Waals surface area (Å²) in [4.78, 5) is 11.3. The molecule has 0 saturated heterocycles. The van der Waals surface area contributed by atoms with Crippen molar-refractivity contribution in [3.63, 3.8) is 0 Å². The van der Waals surface area contributed by atoms with Crippen molar-refractivity contribution in [3.05, 3.63) is 80.4 Å². The summed E-state index contributed by atoms with van der Waals surface area (Å²) < 4.78 is 6.68. The van der Waals surface area contributed by atoms with Gasteiger partial charge in [-0.05, 0) is 48.6 Å². The number of fused-ring (bicyclic) bond motifs is 5. The lowest BCUT2D eigenvalue weighted by Crippen LogP contribution is -1.84. The minimum Gasteiger partial charge on any atom is -0.342 e. The van der Waals surface area contributed by atoms with Gasteiger partial charge in [0.2, 0.25) is 0 Å². The topological polar surface area (TPSA) is 78.3 Å². The van der Waals surface area contributed by atoms with E-state index in [1.54, 1.807) is 22.7 Å². The summed E-state index contributed by atoms with van der Waals surface area (Å²) in [5.74, 6) is 0. The van der Waals surface area contributed by atoms with Gasteiger partial charge in [-0.3, -0.25) is 0 Å². The first-order valence-corrected chi connectivity index (χ1v) is 14.8. The molecule has 5 heterocycles. The number of aromatic nitrogens is 3. The van der Waals surface area contributed by atoms with E-state index in [0.29, 0.717) is 11.1 Å². The highest BCUT2D eigenvalue weighted by Crippen LogP contribution is 2.42. The average Bonchev–Trinajstić information content (AvgIpc) is 3.74. The van der Waals surface area contributed by atoms with E-state index in [0.717, 1.165) is 51.2 Å². The Kier molecular flexibility index (Phi) is 5.46. The summed E-state index contributed by atoms with van der Waals surface area (Å²) in [6, 6.07) is 24.8. The Bertz CT molecular complexity index is 1960. The van der Waals surface area contributed by atoms with E-state index in [1.807, 2.05) is 60.7 Å². The molecule has 0 aliphatic rings. The van der Waals surface area contributed by atoms with Crippen molar-refractivity contribution < 1.29 is 0 Å². The molecule has 9 heteroatoms. The Hall–Kier alpha value is -4.12. The van der Waals surface area contributed by atoms with Gasteiger partial charge >= 0.3 is 0 Å². The van der Waals surface area contributed by atoms with Gasteiger partial charge in [-0.15, -0.1) is 45.3 Å². The average molecular weight is 562 g/mol. The van der Waals surface area contributed by atoms with Gasteiger partial charge in [-0.1, -0.05) is 24.3 Å². The molecule has 0 saturated carbocycles. The lowest BCUT2D eigenvalue weighted by atomic mass is 10.2. The number of aryl methyl sites for hydroxylation is 1. The molecule has 2 aromatic carbocycles. The fraction of sp³-hybridized carbons (Fsp3) is 0.0345. The minimum absolute atomic E-state index is 0.568. The SMILES string of the molecule is Cn1c2cc(/C=C(\C#N)c3nc4ccccc4s3)sc2c2sc(/C=C(\C#N)c3nc4ccccc4s3)cc21. The van der Waals surface area contributed by atoms with Crippen molar-refractivity contribution in [1.82, 2.24) is 14.5 Å². The number of hydrogen-bond acceptors (Lipinski definition) is 8. The monoisotopic (exact) mass is 561 g/mol. The Balaban J connectivity index is 1.28. The van der Waals surface area contributed by atoms with E-state index in [2.05, 4.69) is 45.9 Å². The van der Waals surface area contributed by atoms with Crippen LogP contribution in [-0.2, 0) is 7.05 Å². The summed E-state index contributed by atoms with van der Waals surface area (Å²) in [5, 5.41) is 21.2. The molecule has 5 nitrogen and oxygen atoms in total. The first-order chi connectivity index (χ1) is 18.6. The maximum absolute atomic E-state index is 9.88. The van der Waals surface area contributed by atoms with Gasteiger partial charge in [0, 0.05) is 16.8 Å². The zero-order chi connectivity index (χ0) is 25.8. The maximum atomic E-state index is 9.88. The first kappa shape index (κ1) is 23.0. The van der Waals surface area contributed by atoms with E-state index < -0.39 is 0 Å². The fourth-order valence-corrected chi connectivity index (χ4v) is 8.71. The molecule has 0 bridgehead atoms. The van der Waals surface area contributed by atoms with E-state index in [-0.39, 0.29) is 0 Å². The maximum Gasteiger partial charge on any atom is 0.135 e. The number of nitriles is 2. The number of allylic oxidation sites excluding steroid dienone is 2. The predicted molar refractivity (Wildman–Crippen MR) is 162 cm³/mol. The molecule has 7 rings (SSSR count). The van der Waals surface area contributed by atoms with Crippen LogP contribution in [0.15, 0.2) is 60.7 Å². The van der Waals surface area contributed by atoms with E-state index in [9.17, 15) is 10.5 Å². The molecule has 0 N–H and O–H groups in total. The van der Waals surface area contributed by atoms with Gasteiger partial charge in [-0.25, -0.2) is 9.97 Å². The van der Waals surface area contributed by atoms with Crippen LogP contribution in [-0.4, -0.2) is 14.5 Å². The molecule has 180 valence electrons. The molecule has 0 amide bonds. The third-order valence-electron chi connectivity index (χ3n) is 6.25. The molecule has 0 spiro atoms. The molecule has 0 aliphatic heterocycles. The van der Waals surface area contributed by atoms with Crippen molar-refractivity contribution in [1.29, 1.82) is 10.5 Å². The van der Waals surface area contributed by atoms with Crippen LogP contribution in [0.4, 0.5) is 0 Å². The van der Waals surface area contributed by atoms with Gasteiger partial charge in [0.1, 0.15) is 22.2 Å². The third kappa shape index (κ3) is 3.76. The highest BCUT2D eigenvalue weighted by Gasteiger charge is 2.17. The molecule has 0 radical (unpaired) electrons. The molecule has 7 aromatic rings. The van der Waals surface area contributed by atoms with Crippen LogP contribution in [0, 0.1) is 22.7 Å². The molecular weight excluding hydrogens is 547 g/mol. The molecule has 0 unspecified atom stereocenters. The normalized spacial score (nSPS) is 12.6. The van der Waals surface area contributed by atoms with Crippen molar-refractivity contribution in [2.75, 3.05) is 0 Å². The smallest absolute Gasteiger partial charge is 0.135 e. The van der Waals surface area contributed by atoms with E-state index >= 15 is 0 Å². The lowest BCUT2D eigenvalue weighted by Gasteiger charge is -1.94. The van der Waals surface area contributed by atoms with Crippen molar-refractivity contribution >= 4 is 110 Å². The Labute approximate surface area is 233 Å². The van der Waals surface area contributed by atoms with Gasteiger partial charge < -0.3 is 4.57 Å². The van der Waals surface area contributed by atoms with Crippen LogP contribution in [0.2, 0.25) is 0 Å². The molecule has 0 aliphatic carbocycles. The number of thiazole rings is 2. The number of benzene rings is 2. The van der Waals surface area contributed by atoms with E-state index in [1.165, 1.54) is 32.1 Å². The molecule has 0 atom stereocenters. The van der Waals surface area contributed by atoms with Gasteiger partial charge in [0.15, 0.2) is 0 Å². The molecule has 5 aromatic heterocycles.